The van der Waals surface area contributed by atoms with E-state index < -0.39 is 29.8 Å². The minimum Gasteiger partial charge on any atom is -0.277 e. The normalized spacial score (nSPS) is 21.8. The number of nitrogens with zero attached hydrogens (tertiary/aromatic N) is 2. The zero-order chi connectivity index (χ0) is 14.2. The molecule has 2 atom stereocenters. The summed E-state index contributed by atoms with van der Waals surface area (Å²) >= 11 is 1.37. The van der Waals surface area contributed by atoms with Crippen LogP contribution in [0.1, 0.15) is 31.8 Å². The van der Waals surface area contributed by atoms with Crippen molar-refractivity contribution in [2.45, 2.75) is 26.8 Å². The molecule has 4 amide bonds. The Balaban J connectivity index is 2.31. The first-order chi connectivity index (χ1) is 8.93. The summed E-state index contributed by atoms with van der Waals surface area (Å²) in [4.78, 5) is 41.1. The van der Waals surface area contributed by atoms with E-state index in [0.717, 1.165) is 4.90 Å². The predicted octanol–water partition coefficient (Wildman–Crippen LogP) is 1.55. The van der Waals surface area contributed by atoms with Crippen LogP contribution in [0.4, 0.5) is 4.79 Å². The fourth-order valence-electron chi connectivity index (χ4n) is 2.11. The number of hydrogen-bond donors (Lipinski definition) is 1. The maximum atomic E-state index is 12.3. The minimum absolute atomic E-state index is 0.161. The van der Waals surface area contributed by atoms with E-state index in [0.29, 0.717) is 5.01 Å². The van der Waals surface area contributed by atoms with Crippen molar-refractivity contribution in [1.82, 2.24) is 15.2 Å². The summed E-state index contributed by atoms with van der Waals surface area (Å²) in [6.45, 7) is 5.29. The van der Waals surface area contributed by atoms with Gasteiger partial charge in [0.2, 0.25) is 11.8 Å². The molecule has 1 saturated heterocycles. The molecule has 102 valence electrons. The number of hydrogen-bond acceptors (Lipinski definition) is 5. The quantitative estimate of drug-likeness (QED) is 0.853. The molecule has 0 bridgehead atoms. The van der Waals surface area contributed by atoms with Crippen LogP contribution in [0.5, 0.6) is 0 Å². The molecule has 1 N–H and O–H groups in total. The van der Waals surface area contributed by atoms with Gasteiger partial charge in [-0.15, -0.1) is 11.3 Å². The molecular weight excluding hydrogens is 266 g/mol. The topological polar surface area (TPSA) is 79.4 Å². The lowest BCUT2D eigenvalue weighted by molar-refractivity contribution is -0.145. The molecule has 0 aromatic carbocycles. The van der Waals surface area contributed by atoms with Gasteiger partial charge in [0.15, 0.2) is 0 Å². The number of carbonyl (C=O) groups is 3. The second kappa shape index (κ2) is 5.08. The molecule has 1 aromatic rings. The van der Waals surface area contributed by atoms with Gasteiger partial charge in [0, 0.05) is 11.6 Å². The van der Waals surface area contributed by atoms with Crippen molar-refractivity contribution in [3.05, 3.63) is 16.6 Å². The number of barbiturate groups is 1. The highest BCUT2D eigenvalue weighted by Crippen LogP contribution is 2.28. The molecule has 2 heterocycles. The van der Waals surface area contributed by atoms with Crippen molar-refractivity contribution < 1.29 is 14.4 Å². The Kier molecular flexibility index (Phi) is 3.66. The van der Waals surface area contributed by atoms with Gasteiger partial charge in [0.05, 0.1) is 6.04 Å². The monoisotopic (exact) mass is 281 g/mol. The third-order valence-corrected chi connectivity index (χ3v) is 4.04. The average Bonchev–Trinajstić information content (AvgIpc) is 2.80. The zero-order valence-corrected chi connectivity index (χ0v) is 11.7. The summed E-state index contributed by atoms with van der Waals surface area (Å²) in [5, 5.41) is 4.69. The Labute approximate surface area is 114 Å². The molecule has 1 aliphatic rings. The average molecular weight is 281 g/mol. The lowest BCUT2D eigenvalue weighted by Gasteiger charge is -2.34. The summed E-state index contributed by atoms with van der Waals surface area (Å²) in [6, 6.07) is -1.14. The first-order valence-corrected chi connectivity index (χ1v) is 6.88. The number of carbonyl (C=O) groups excluding carboxylic acids is 3. The Morgan fingerprint density at radius 2 is 2.00 bits per heavy atom. The third kappa shape index (κ3) is 2.37. The van der Waals surface area contributed by atoms with Crippen molar-refractivity contribution >= 4 is 29.2 Å². The van der Waals surface area contributed by atoms with E-state index in [2.05, 4.69) is 10.3 Å². The molecule has 2 rings (SSSR count). The number of urea groups is 1. The van der Waals surface area contributed by atoms with E-state index in [4.69, 9.17) is 0 Å². The summed E-state index contributed by atoms with van der Waals surface area (Å²) in [5.41, 5.74) is 0. The molecule has 7 heteroatoms. The molecule has 1 aliphatic heterocycles. The van der Waals surface area contributed by atoms with Crippen LogP contribution in [0, 0.1) is 11.8 Å². The number of aromatic nitrogens is 1. The molecular formula is C12H15N3O3S. The van der Waals surface area contributed by atoms with E-state index in [1.54, 1.807) is 32.3 Å². The summed E-state index contributed by atoms with van der Waals surface area (Å²) in [7, 11) is 0. The standard InChI is InChI=1S/C12H15N3O3S/c1-6(2)8-9(16)14-12(18)15(11(8)17)7(3)10-13-4-5-19-10/h4-8H,1-3H3,(H,14,16,18). The first-order valence-electron chi connectivity index (χ1n) is 6.00. The highest BCUT2D eigenvalue weighted by Gasteiger charge is 2.44. The fourth-order valence-corrected chi connectivity index (χ4v) is 2.80. The largest absolute Gasteiger partial charge is 0.331 e. The van der Waals surface area contributed by atoms with Crippen LogP contribution in [0.15, 0.2) is 11.6 Å². The Morgan fingerprint density at radius 3 is 2.53 bits per heavy atom. The lowest BCUT2D eigenvalue weighted by atomic mass is 9.91. The number of imide groups is 2. The summed E-state index contributed by atoms with van der Waals surface area (Å²) < 4.78 is 0. The van der Waals surface area contributed by atoms with Gasteiger partial charge in [-0.1, -0.05) is 13.8 Å². The van der Waals surface area contributed by atoms with Crippen LogP contribution in [0.3, 0.4) is 0 Å². The lowest BCUT2D eigenvalue weighted by Crippen LogP contribution is -2.59. The van der Waals surface area contributed by atoms with Crippen molar-refractivity contribution in [2.24, 2.45) is 11.8 Å². The molecule has 0 aliphatic carbocycles. The second-order valence-corrected chi connectivity index (χ2v) is 5.70. The predicted molar refractivity (Wildman–Crippen MR) is 69.2 cm³/mol. The molecule has 0 spiro atoms. The van der Waals surface area contributed by atoms with Gasteiger partial charge in [0.25, 0.3) is 0 Å². The smallest absolute Gasteiger partial charge is 0.277 e. The van der Waals surface area contributed by atoms with Crippen LogP contribution in [0.25, 0.3) is 0 Å². The highest BCUT2D eigenvalue weighted by atomic mass is 32.1. The molecule has 2 unspecified atom stereocenters. The van der Waals surface area contributed by atoms with Crippen molar-refractivity contribution in [3.8, 4) is 0 Å². The van der Waals surface area contributed by atoms with Crippen LogP contribution in [0.2, 0.25) is 0 Å². The summed E-state index contributed by atoms with van der Waals surface area (Å²) in [6.07, 6.45) is 1.62. The van der Waals surface area contributed by atoms with Gasteiger partial charge in [0.1, 0.15) is 10.9 Å². The van der Waals surface area contributed by atoms with Crippen molar-refractivity contribution in [3.63, 3.8) is 0 Å². The van der Waals surface area contributed by atoms with E-state index >= 15 is 0 Å². The first kappa shape index (κ1) is 13.7. The molecule has 6 nitrogen and oxygen atoms in total. The Morgan fingerprint density at radius 1 is 1.32 bits per heavy atom. The van der Waals surface area contributed by atoms with Gasteiger partial charge in [-0.25, -0.2) is 9.78 Å². The second-order valence-electron chi connectivity index (χ2n) is 4.77. The van der Waals surface area contributed by atoms with Crippen LogP contribution < -0.4 is 5.32 Å². The molecule has 1 fully saturated rings. The zero-order valence-electron chi connectivity index (χ0n) is 10.9. The van der Waals surface area contributed by atoms with E-state index in [-0.39, 0.29) is 5.92 Å². The van der Waals surface area contributed by atoms with Crippen molar-refractivity contribution in [1.29, 1.82) is 0 Å². The number of rotatable bonds is 3. The van der Waals surface area contributed by atoms with Gasteiger partial charge in [-0.3, -0.25) is 19.8 Å². The Hall–Kier alpha value is -1.76. The van der Waals surface area contributed by atoms with Gasteiger partial charge in [-0.2, -0.15) is 0 Å². The molecule has 19 heavy (non-hydrogen) atoms. The van der Waals surface area contributed by atoms with Crippen LogP contribution in [-0.2, 0) is 9.59 Å². The fraction of sp³-hybridized carbons (Fsp3) is 0.500. The summed E-state index contributed by atoms with van der Waals surface area (Å²) in [5.74, 6) is -1.95. The van der Waals surface area contributed by atoms with E-state index in [1.807, 2.05) is 0 Å². The molecule has 0 saturated carbocycles. The highest BCUT2D eigenvalue weighted by molar-refractivity contribution is 7.09. The van der Waals surface area contributed by atoms with E-state index in [1.165, 1.54) is 11.3 Å². The van der Waals surface area contributed by atoms with Crippen molar-refractivity contribution in [2.75, 3.05) is 0 Å². The number of amides is 4. The van der Waals surface area contributed by atoms with Gasteiger partial charge in [-0.05, 0) is 12.8 Å². The minimum atomic E-state index is -0.819. The Bertz CT molecular complexity index is 512. The van der Waals surface area contributed by atoms with E-state index in [9.17, 15) is 14.4 Å². The molecule has 0 radical (unpaired) electrons. The molecule has 1 aromatic heterocycles. The van der Waals surface area contributed by atoms with Crippen LogP contribution in [-0.4, -0.2) is 27.7 Å². The third-order valence-electron chi connectivity index (χ3n) is 3.10. The number of nitrogens with one attached hydrogen (secondary N) is 1. The maximum Gasteiger partial charge on any atom is 0.331 e. The van der Waals surface area contributed by atoms with Gasteiger partial charge >= 0.3 is 6.03 Å². The van der Waals surface area contributed by atoms with Gasteiger partial charge < -0.3 is 0 Å². The van der Waals surface area contributed by atoms with Crippen LogP contribution >= 0.6 is 11.3 Å². The number of thiazole rings is 1. The maximum absolute atomic E-state index is 12.3. The SMILES string of the molecule is CC(C)C1C(=O)NC(=O)N(C(C)c2nccs2)C1=O.